The predicted octanol–water partition coefficient (Wildman–Crippen LogP) is 1.87. The molecule has 1 unspecified atom stereocenters. The molecule has 3 N–H and O–H groups in total. The van der Waals surface area contributed by atoms with Crippen molar-refractivity contribution in [3.63, 3.8) is 0 Å². The Morgan fingerprint density at radius 2 is 1.95 bits per heavy atom. The highest BCUT2D eigenvalue weighted by atomic mass is 19.4. The first-order valence-corrected chi connectivity index (χ1v) is 5.27. The molecule has 0 radical (unpaired) electrons. The van der Waals surface area contributed by atoms with Crippen molar-refractivity contribution < 1.29 is 27.8 Å². The minimum Gasteiger partial charge on any atom is -0.497 e. The summed E-state index contributed by atoms with van der Waals surface area (Å²) >= 11 is 0. The van der Waals surface area contributed by atoms with E-state index in [1.165, 1.54) is 7.11 Å². The quantitative estimate of drug-likeness (QED) is 0.693. The van der Waals surface area contributed by atoms with E-state index in [9.17, 15) is 18.0 Å². The molecule has 1 rings (SSSR count). The molecule has 0 fully saturated rings. The van der Waals surface area contributed by atoms with Gasteiger partial charge >= 0.3 is 12.1 Å². The molecule has 1 aromatic carbocycles. The Labute approximate surface area is 107 Å². The number of anilines is 1. The van der Waals surface area contributed by atoms with E-state index in [2.05, 4.69) is 10.9 Å². The summed E-state index contributed by atoms with van der Waals surface area (Å²) in [4.78, 5) is 10.5. The van der Waals surface area contributed by atoms with Crippen LogP contribution in [0.15, 0.2) is 24.3 Å². The number of hydrogen-bond acceptors (Lipinski definition) is 4. The van der Waals surface area contributed by atoms with E-state index in [1.807, 2.05) is 0 Å². The van der Waals surface area contributed by atoms with Gasteiger partial charge in [-0.25, -0.2) is 5.43 Å². The molecule has 1 atom stereocenters. The second-order valence-electron chi connectivity index (χ2n) is 3.67. The van der Waals surface area contributed by atoms with Gasteiger partial charge in [-0.3, -0.25) is 4.79 Å². The molecule has 0 aromatic heterocycles. The lowest BCUT2D eigenvalue weighted by atomic mass is 10.1. The number of ether oxygens (including phenoxy) is 1. The second-order valence-corrected chi connectivity index (χ2v) is 3.67. The summed E-state index contributed by atoms with van der Waals surface area (Å²) in [5.41, 5.74) is 5.21. The van der Waals surface area contributed by atoms with Gasteiger partial charge in [-0.15, -0.1) is 0 Å². The fourth-order valence-electron chi connectivity index (χ4n) is 1.27. The van der Waals surface area contributed by atoms with Crippen molar-refractivity contribution in [3.05, 3.63) is 24.3 Å². The number of halogens is 3. The SMILES string of the molecule is COc1ccc(NNCC(C(=O)O)C(F)(F)F)cc1. The van der Waals surface area contributed by atoms with Gasteiger partial charge < -0.3 is 15.3 Å². The van der Waals surface area contributed by atoms with Gasteiger partial charge in [0.1, 0.15) is 5.75 Å². The summed E-state index contributed by atoms with van der Waals surface area (Å²) in [6.45, 7) is -0.773. The van der Waals surface area contributed by atoms with Gasteiger partial charge in [0.2, 0.25) is 0 Å². The number of benzene rings is 1. The maximum Gasteiger partial charge on any atom is 0.403 e. The first-order chi connectivity index (χ1) is 8.84. The van der Waals surface area contributed by atoms with Crippen LogP contribution in [0.25, 0.3) is 0 Å². The number of hydrogen-bond donors (Lipinski definition) is 3. The minimum absolute atomic E-state index is 0.493. The number of aliphatic carboxylic acids is 1. The van der Waals surface area contributed by atoms with Crippen LogP contribution in [0.1, 0.15) is 0 Å². The van der Waals surface area contributed by atoms with Crippen molar-refractivity contribution in [2.45, 2.75) is 6.18 Å². The Hall–Kier alpha value is -1.96. The number of methoxy groups -OCH3 is 1. The van der Waals surface area contributed by atoms with Crippen LogP contribution in [0.3, 0.4) is 0 Å². The van der Waals surface area contributed by atoms with Crippen LogP contribution >= 0.6 is 0 Å². The first kappa shape index (κ1) is 15.1. The van der Waals surface area contributed by atoms with E-state index in [0.717, 1.165) is 0 Å². The second kappa shape index (κ2) is 6.28. The van der Waals surface area contributed by atoms with E-state index < -0.39 is 24.6 Å². The third kappa shape index (κ3) is 4.66. The molecule has 0 aliphatic rings. The third-order valence-corrected chi connectivity index (χ3v) is 2.32. The molecule has 0 spiro atoms. The topological polar surface area (TPSA) is 70.6 Å². The number of rotatable bonds is 6. The van der Waals surface area contributed by atoms with Gasteiger partial charge in [-0.1, -0.05) is 0 Å². The molecule has 0 saturated heterocycles. The number of nitrogens with one attached hydrogen (secondary N) is 2. The molecule has 1 aromatic rings. The highest BCUT2D eigenvalue weighted by Gasteiger charge is 2.44. The van der Waals surface area contributed by atoms with Crippen LogP contribution in [0.2, 0.25) is 0 Å². The molecule has 106 valence electrons. The third-order valence-electron chi connectivity index (χ3n) is 2.32. The van der Waals surface area contributed by atoms with Gasteiger partial charge in [-0.05, 0) is 24.3 Å². The highest BCUT2D eigenvalue weighted by Crippen LogP contribution is 2.25. The Morgan fingerprint density at radius 1 is 1.37 bits per heavy atom. The molecule has 19 heavy (non-hydrogen) atoms. The van der Waals surface area contributed by atoms with Gasteiger partial charge in [0.25, 0.3) is 0 Å². The summed E-state index contributed by atoms with van der Waals surface area (Å²) in [6, 6.07) is 6.38. The predicted molar refractivity (Wildman–Crippen MR) is 61.8 cm³/mol. The molecular formula is C11H13F3N2O3. The Balaban J connectivity index is 2.50. The zero-order valence-corrected chi connectivity index (χ0v) is 9.99. The Kier molecular flexibility index (Phi) is 4.99. The van der Waals surface area contributed by atoms with E-state index in [0.29, 0.717) is 11.4 Å². The largest absolute Gasteiger partial charge is 0.497 e. The van der Waals surface area contributed by atoms with E-state index in [4.69, 9.17) is 9.84 Å². The lowest BCUT2D eigenvalue weighted by molar-refractivity contribution is -0.192. The summed E-state index contributed by atoms with van der Waals surface area (Å²) in [5, 5.41) is 8.47. The van der Waals surface area contributed by atoms with Gasteiger partial charge in [0.15, 0.2) is 5.92 Å². The molecule has 0 bridgehead atoms. The molecule has 5 nitrogen and oxygen atoms in total. The van der Waals surface area contributed by atoms with Crippen LogP contribution in [-0.2, 0) is 4.79 Å². The average Bonchev–Trinajstić information content (AvgIpc) is 2.33. The van der Waals surface area contributed by atoms with Crippen molar-refractivity contribution >= 4 is 11.7 Å². The van der Waals surface area contributed by atoms with Crippen LogP contribution in [0.5, 0.6) is 5.75 Å². The van der Waals surface area contributed by atoms with Gasteiger partial charge in [0, 0.05) is 12.2 Å². The molecule has 0 aliphatic carbocycles. The smallest absolute Gasteiger partial charge is 0.403 e. The van der Waals surface area contributed by atoms with Crippen molar-refractivity contribution in [1.82, 2.24) is 5.43 Å². The van der Waals surface area contributed by atoms with Crippen LogP contribution in [-0.4, -0.2) is 30.9 Å². The van der Waals surface area contributed by atoms with E-state index in [-0.39, 0.29) is 0 Å². The normalized spacial score (nSPS) is 12.8. The summed E-state index contributed by atoms with van der Waals surface area (Å²) in [6.07, 6.45) is -4.79. The molecule has 0 saturated carbocycles. The number of carboxylic acid groups (broad SMARTS) is 1. The van der Waals surface area contributed by atoms with Gasteiger partial charge in [-0.2, -0.15) is 13.2 Å². The van der Waals surface area contributed by atoms with Crippen molar-refractivity contribution in [2.24, 2.45) is 5.92 Å². The molecule has 0 aliphatic heterocycles. The van der Waals surface area contributed by atoms with Gasteiger partial charge in [0.05, 0.1) is 7.11 Å². The zero-order valence-electron chi connectivity index (χ0n) is 9.99. The van der Waals surface area contributed by atoms with E-state index in [1.54, 1.807) is 24.3 Å². The minimum atomic E-state index is -4.79. The molecule has 0 amide bonds. The number of hydrazine groups is 1. The maximum atomic E-state index is 12.3. The zero-order chi connectivity index (χ0) is 14.5. The van der Waals surface area contributed by atoms with E-state index >= 15 is 0 Å². The fourth-order valence-corrected chi connectivity index (χ4v) is 1.27. The summed E-state index contributed by atoms with van der Waals surface area (Å²) < 4.78 is 41.9. The Bertz CT molecular complexity index is 420. The van der Waals surface area contributed by atoms with Crippen LogP contribution in [0.4, 0.5) is 18.9 Å². The van der Waals surface area contributed by atoms with Crippen molar-refractivity contribution in [2.75, 3.05) is 19.1 Å². The monoisotopic (exact) mass is 278 g/mol. The lowest BCUT2D eigenvalue weighted by Crippen LogP contribution is -2.40. The van der Waals surface area contributed by atoms with Crippen molar-refractivity contribution in [1.29, 1.82) is 0 Å². The number of carbonyl (C=O) groups is 1. The number of alkyl halides is 3. The molecule has 0 heterocycles. The first-order valence-electron chi connectivity index (χ1n) is 5.27. The average molecular weight is 278 g/mol. The molecular weight excluding hydrogens is 265 g/mol. The number of carboxylic acids is 1. The van der Waals surface area contributed by atoms with Crippen LogP contribution in [0, 0.1) is 5.92 Å². The maximum absolute atomic E-state index is 12.3. The molecule has 8 heteroatoms. The summed E-state index contributed by atoms with van der Waals surface area (Å²) in [5.74, 6) is -3.78. The summed E-state index contributed by atoms with van der Waals surface area (Å²) in [7, 11) is 1.49. The lowest BCUT2D eigenvalue weighted by Gasteiger charge is -2.17. The van der Waals surface area contributed by atoms with Crippen LogP contribution < -0.4 is 15.6 Å². The fraction of sp³-hybridized carbons (Fsp3) is 0.364. The highest BCUT2D eigenvalue weighted by molar-refractivity contribution is 5.71. The Morgan fingerprint density at radius 3 is 2.37 bits per heavy atom. The van der Waals surface area contributed by atoms with Crippen molar-refractivity contribution in [3.8, 4) is 5.75 Å². The standard InChI is InChI=1S/C11H13F3N2O3/c1-19-8-4-2-7(3-5-8)16-15-6-9(10(17)18)11(12,13)14/h2-5,9,15-16H,6H2,1H3,(H,17,18).